The van der Waals surface area contributed by atoms with Crippen LogP contribution in [0.15, 0.2) is 46.2 Å². The van der Waals surface area contributed by atoms with Gasteiger partial charge < -0.3 is 19.5 Å². The lowest BCUT2D eigenvalue weighted by Gasteiger charge is -2.37. The molecule has 0 amide bonds. The third kappa shape index (κ3) is 6.57. The minimum atomic E-state index is -0.390. The predicted molar refractivity (Wildman–Crippen MR) is 143 cm³/mol. The van der Waals surface area contributed by atoms with E-state index in [1.807, 2.05) is 30.2 Å². The molecule has 1 aliphatic rings. The quantitative estimate of drug-likeness (QED) is 0.255. The van der Waals surface area contributed by atoms with Crippen molar-refractivity contribution in [3.63, 3.8) is 0 Å². The highest BCUT2D eigenvalue weighted by atomic mass is 32.2. The maximum absolute atomic E-state index is 11.7. The molecule has 0 unspecified atom stereocenters. The van der Waals surface area contributed by atoms with Crippen LogP contribution in [0.1, 0.15) is 52.4 Å². The van der Waals surface area contributed by atoms with Crippen LogP contribution in [-0.4, -0.2) is 43.3 Å². The highest BCUT2D eigenvalue weighted by molar-refractivity contribution is 7.99. The summed E-state index contributed by atoms with van der Waals surface area (Å²) >= 11 is 3.50. The van der Waals surface area contributed by atoms with Gasteiger partial charge in [0.15, 0.2) is 6.61 Å². The Hall–Kier alpha value is -1.99. The maximum Gasteiger partial charge on any atom is 0.343 e. The summed E-state index contributed by atoms with van der Waals surface area (Å²) in [6, 6.07) is 11.8. The normalized spacial score (nSPS) is 14.9. The van der Waals surface area contributed by atoms with E-state index in [1.165, 1.54) is 45.6 Å². The second-order valence-electron chi connectivity index (χ2n) is 8.93. The summed E-state index contributed by atoms with van der Waals surface area (Å²) in [5.74, 6) is 1.64. The molecule has 1 heterocycles. The number of nitrogens with zero attached hydrogens (tertiary/aromatic N) is 1. The van der Waals surface area contributed by atoms with Crippen molar-refractivity contribution < 1.29 is 19.4 Å². The van der Waals surface area contributed by atoms with E-state index in [2.05, 4.69) is 30.9 Å². The first-order valence-electron chi connectivity index (χ1n) is 12.1. The fourth-order valence-electron chi connectivity index (χ4n) is 4.42. The predicted octanol–water partition coefficient (Wildman–Crippen LogP) is 7.28. The molecule has 7 heteroatoms. The molecule has 0 spiro atoms. The van der Waals surface area contributed by atoms with Crippen molar-refractivity contribution in [3.8, 4) is 11.5 Å². The molecule has 186 valence electrons. The average molecular weight is 504 g/mol. The van der Waals surface area contributed by atoms with Crippen LogP contribution >= 0.6 is 23.5 Å². The summed E-state index contributed by atoms with van der Waals surface area (Å²) in [5, 5.41) is 9.90. The number of hydrogen-bond donors (Lipinski definition) is 1. The molecule has 1 aliphatic heterocycles. The summed E-state index contributed by atoms with van der Waals surface area (Å²) in [6.07, 6.45) is 9.22. The number of unbranched alkanes of at least 4 members (excludes halogenated alkanes) is 2. The highest BCUT2D eigenvalue weighted by Gasteiger charge is 2.36. The van der Waals surface area contributed by atoms with Crippen LogP contribution in [0.3, 0.4) is 0 Å². The van der Waals surface area contributed by atoms with E-state index in [9.17, 15) is 9.90 Å². The molecule has 2 aromatic rings. The number of ether oxygens (including phenoxy) is 2. The third-order valence-electron chi connectivity index (χ3n) is 6.42. The Morgan fingerprint density at radius 2 is 1.82 bits per heavy atom. The van der Waals surface area contributed by atoms with Crippen molar-refractivity contribution >= 4 is 40.9 Å². The fraction of sp³-hybridized carbons (Fsp3) is 0.519. The van der Waals surface area contributed by atoms with Crippen molar-refractivity contribution in [3.05, 3.63) is 36.4 Å². The summed E-state index contributed by atoms with van der Waals surface area (Å²) in [7, 11) is 1.37. The molecule has 0 fully saturated rings. The third-order valence-corrected chi connectivity index (χ3v) is 8.57. The number of rotatable bonds is 11. The van der Waals surface area contributed by atoms with Gasteiger partial charge in [-0.05, 0) is 60.9 Å². The Labute approximate surface area is 212 Å². The number of carbonyl (C=O) groups excluding carboxylic acids is 1. The van der Waals surface area contributed by atoms with E-state index in [-0.39, 0.29) is 17.8 Å². The Morgan fingerprint density at radius 3 is 2.41 bits per heavy atom. The van der Waals surface area contributed by atoms with Gasteiger partial charge in [0.2, 0.25) is 0 Å². The topological polar surface area (TPSA) is 59.0 Å². The molecule has 0 bridgehead atoms. The van der Waals surface area contributed by atoms with Crippen LogP contribution in [-0.2, 0) is 9.53 Å². The summed E-state index contributed by atoms with van der Waals surface area (Å²) in [5.41, 5.74) is 2.43. The van der Waals surface area contributed by atoms with E-state index in [4.69, 9.17) is 9.47 Å². The van der Waals surface area contributed by atoms with Crippen LogP contribution in [0.4, 0.5) is 11.4 Å². The number of carbonyl (C=O) groups is 1. The second-order valence-corrected chi connectivity index (χ2v) is 10.8. The monoisotopic (exact) mass is 503 g/mol. The first-order valence-corrected chi connectivity index (χ1v) is 14.3. The molecule has 3 rings (SSSR count). The van der Waals surface area contributed by atoms with E-state index >= 15 is 0 Å². The van der Waals surface area contributed by atoms with E-state index in [0.29, 0.717) is 5.75 Å². The van der Waals surface area contributed by atoms with Crippen molar-refractivity contribution in [1.82, 2.24) is 0 Å². The zero-order valence-corrected chi connectivity index (χ0v) is 22.4. The number of phenols is 1. The summed E-state index contributed by atoms with van der Waals surface area (Å²) < 4.78 is 10.6. The first kappa shape index (κ1) is 26.6. The minimum absolute atomic E-state index is 0.105. The van der Waals surface area contributed by atoms with Crippen LogP contribution in [0.5, 0.6) is 11.5 Å². The number of phenolic OH excluding ortho intramolecular Hbond substituents is 1. The number of esters is 1. The van der Waals surface area contributed by atoms with Gasteiger partial charge in [-0.3, -0.25) is 0 Å². The lowest BCUT2D eigenvalue weighted by molar-refractivity contribution is -0.142. The molecule has 34 heavy (non-hydrogen) atoms. The number of aromatic hydroxyl groups is 1. The van der Waals surface area contributed by atoms with Gasteiger partial charge in [0.05, 0.1) is 17.7 Å². The first-order chi connectivity index (χ1) is 16.4. The highest BCUT2D eigenvalue weighted by Crippen LogP contribution is 2.50. The largest absolute Gasteiger partial charge is 0.508 e. The SMILES string of the molecule is CCCCC1(CCCC)CSc2cc(OCC(=O)OC)c(SC)cc2N(c2ccc(O)cc2)C1. The van der Waals surface area contributed by atoms with Gasteiger partial charge in [-0.1, -0.05) is 39.5 Å². The molecular weight excluding hydrogens is 466 g/mol. The van der Waals surface area contributed by atoms with Crippen molar-refractivity contribution in [2.45, 2.75) is 62.2 Å². The standard InChI is InChI=1S/C27H37NO4S2/c1-5-7-13-27(14-8-6-2)18-28(20-9-11-21(29)12-10-20)22-15-25(33-4)23(16-24(22)34-19-27)32-17-26(30)31-3/h9-12,15-16,29H,5-8,13-14,17-19H2,1-4H3. The molecule has 0 atom stereocenters. The minimum Gasteiger partial charge on any atom is -0.508 e. The second kappa shape index (κ2) is 12.6. The van der Waals surface area contributed by atoms with Gasteiger partial charge in [0.1, 0.15) is 11.5 Å². The maximum atomic E-state index is 11.7. The molecule has 0 aliphatic carbocycles. The number of benzene rings is 2. The van der Waals surface area contributed by atoms with Gasteiger partial charge in [-0.25, -0.2) is 4.79 Å². The lowest BCUT2D eigenvalue weighted by Crippen LogP contribution is -2.36. The Morgan fingerprint density at radius 1 is 1.15 bits per heavy atom. The van der Waals surface area contributed by atoms with Crippen LogP contribution in [0, 0.1) is 5.41 Å². The summed E-state index contributed by atoms with van der Waals surface area (Å²) in [6.45, 7) is 5.36. The number of anilines is 2. The Kier molecular flexibility index (Phi) is 9.89. The Balaban J connectivity index is 2.07. The number of hydrogen-bond acceptors (Lipinski definition) is 7. The molecule has 0 aromatic heterocycles. The van der Waals surface area contributed by atoms with Crippen LogP contribution in [0.25, 0.3) is 0 Å². The molecule has 2 aromatic carbocycles. The molecule has 0 radical (unpaired) electrons. The van der Waals surface area contributed by atoms with Crippen molar-refractivity contribution in [2.75, 3.05) is 37.2 Å². The molecule has 0 saturated carbocycles. The number of fused-ring (bicyclic) bond motifs is 1. The van der Waals surface area contributed by atoms with E-state index < -0.39 is 5.97 Å². The molecule has 5 nitrogen and oxygen atoms in total. The lowest BCUT2D eigenvalue weighted by atomic mass is 9.79. The molecule has 1 N–H and O–H groups in total. The van der Waals surface area contributed by atoms with Crippen LogP contribution < -0.4 is 9.64 Å². The summed E-state index contributed by atoms with van der Waals surface area (Å²) in [4.78, 5) is 16.3. The van der Waals surface area contributed by atoms with Crippen molar-refractivity contribution in [2.24, 2.45) is 5.41 Å². The average Bonchev–Trinajstić information content (AvgIpc) is 3.01. The molecule has 0 saturated heterocycles. The number of thioether (sulfide) groups is 2. The van der Waals surface area contributed by atoms with Gasteiger partial charge in [-0.2, -0.15) is 0 Å². The van der Waals surface area contributed by atoms with Gasteiger partial charge in [-0.15, -0.1) is 23.5 Å². The van der Waals surface area contributed by atoms with Crippen LogP contribution in [0.2, 0.25) is 0 Å². The fourth-order valence-corrected chi connectivity index (χ4v) is 6.31. The van der Waals surface area contributed by atoms with Crippen molar-refractivity contribution in [1.29, 1.82) is 0 Å². The van der Waals surface area contributed by atoms with E-state index in [1.54, 1.807) is 23.9 Å². The van der Waals surface area contributed by atoms with Gasteiger partial charge >= 0.3 is 5.97 Å². The zero-order valence-electron chi connectivity index (χ0n) is 20.8. The Bertz CT molecular complexity index is 940. The van der Waals surface area contributed by atoms with Gasteiger partial charge in [0.25, 0.3) is 0 Å². The van der Waals surface area contributed by atoms with E-state index in [0.717, 1.165) is 33.5 Å². The number of methoxy groups -OCH3 is 1. The zero-order chi connectivity index (χ0) is 24.6. The molecular formula is C27H37NO4S2. The smallest absolute Gasteiger partial charge is 0.343 e. The van der Waals surface area contributed by atoms with Gasteiger partial charge in [0, 0.05) is 22.9 Å².